The van der Waals surface area contributed by atoms with Gasteiger partial charge in [0.15, 0.2) is 6.29 Å². The van der Waals surface area contributed by atoms with Gasteiger partial charge in [-0.2, -0.15) is 0 Å². The molecule has 0 bridgehead atoms. The smallest absolute Gasteiger partial charge is 0.321 e. The predicted molar refractivity (Wildman–Crippen MR) is 103 cm³/mol. The van der Waals surface area contributed by atoms with Crippen molar-refractivity contribution in [1.82, 2.24) is 20.9 Å². The van der Waals surface area contributed by atoms with Crippen LogP contribution < -0.4 is 21.3 Å². The van der Waals surface area contributed by atoms with Crippen LogP contribution in [0.5, 0.6) is 0 Å². The highest BCUT2D eigenvalue weighted by Gasteiger charge is 2.21. The summed E-state index contributed by atoms with van der Waals surface area (Å²) >= 11 is 0. The number of aliphatic imine (C=N–C) groups is 1. The Hall–Kier alpha value is -2.58. The number of nitrogens with zero attached hydrogens (tertiary/aromatic N) is 2. The van der Waals surface area contributed by atoms with E-state index in [9.17, 15) is 4.79 Å². The van der Waals surface area contributed by atoms with E-state index < -0.39 is 6.29 Å². The number of anilines is 1. The van der Waals surface area contributed by atoms with Gasteiger partial charge in [0.2, 0.25) is 0 Å². The molecule has 2 heterocycles. The van der Waals surface area contributed by atoms with E-state index >= 15 is 0 Å². The quantitative estimate of drug-likeness (QED) is 0.654. The van der Waals surface area contributed by atoms with Crippen molar-refractivity contribution >= 4 is 28.5 Å². The zero-order valence-corrected chi connectivity index (χ0v) is 15.4. The average Bonchev–Trinajstić information content (AvgIpc) is 3.01. The monoisotopic (exact) mass is 358 g/mol. The van der Waals surface area contributed by atoms with Gasteiger partial charge in [-0.25, -0.2) is 9.79 Å². The summed E-state index contributed by atoms with van der Waals surface area (Å²) in [6.45, 7) is 3.82. The van der Waals surface area contributed by atoms with Crippen LogP contribution in [0.25, 0.3) is 11.0 Å². The summed E-state index contributed by atoms with van der Waals surface area (Å²) in [7, 11) is 4.06. The molecule has 0 fully saturated rings. The Balaban J connectivity index is 1.56. The van der Waals surface area contributed by atoms with E-state index in [1.165, 1.54) is 0 Å². The number of rotatable bonds is 5. The summed E-state index contributed by atoms with van der Waals surface area (Å²) in [6.07, 6.45) is 1.98. The number of amides is 2. The highest BCUT2D eigenvalue weighted by molar-refractivity contribution is 5.92. The van der Waals surface area contributed by atoms with Gasteiger partial charge in [0, 0.05) is 36.6 Å². The van der Waals surface area contributed by atoms with Crippen LogP contribution in [0.4, 0.5) is 10.5 Å². The van der Waals surface area contributed by atoms with E-state index in [4.69, 9.17) is 4.42 Å². The first kappa shape index (κ1) is 18.2. The minimum atomic E-state index is -0.460. The molecule has 2 amide bonds. The van der Waals surface area contributed by atoms with E-state index in [-0.39, 0.29) is 12.1 Å². The van der Waals surface area contributed by atoms with Crippen LogP contribution in [-0.4, -0.2) is 56.3 Å². The fourth-order valence-corrected chi connectivity index (χ4v) is 2.82. The van der Waals surface area contributed by atoms with Crippen molar-refractivity contribution in [3.05, 3.63) is 30.5 Å². The second kappa shape index (κ2) is 8.20. The molecule has 2 unspecified atom stereocenters. The number of urea groups is 1. The molecule has 3 rings (SSSR count). The van der Waals surface area contributed by atoms with E-state index in [2.05, 4.69) is 38.1 Å². The van der Waals surface area contributed by atoms with Crippen molar-refractivity contribution in [2.24, 2.45) is 4.99 Å². The number of nitrogens with one attached hydrogen (secondary N) is 4. The summed E-state index contributed by atoms with van der Waals surface area (Å²) in [5.74, 6) is 0.906. The summed E-state index contributed by atoms with van der Waals surface area (Å²) in [4.78, 5) is 18.9. The maximum atomic E-state index is 12.3. The summed E-state index contributed by atoms with van der Waals surface area (Å²) < 4.78 is 5.30. The number of hydrogen-bond acceptors (Lipinski definition) is 6. The van der Waals surface area contributed by atoms with Gasteiger partial charge in [0.1, 0.15) is 11.4 Å². The molecule has 26 heavy (non-hydrogen) atoms. The molecular weight excluding hydrogens is 332 g/mol. The van der Waals surface area contributed by atoms with Gasteiger partial charge in [-0.3, -0.25) is 5.32 Å². The molecule has 0 saturated heterocycles. The Bertz CT molecular complexity index is 785. The maximum absolute atomic E-state index is 12.3. The number of carbonyl (C=O) groups excluding carboxylic acids is 1. The van der Waals surface area contributed by atoms with Crippen molar-refractivity contribution in [3.8, 4) is 0 Å². The van der Waals surface area contributed by atoms with Crippen LogP contribution >= 0.6 is 0 Å². The Kier molecular flexibility index (Phi) is 5.75. The fraction of sp³-hybridized carbons (Fsp3) is 0.444. The Morgan fingerprint density at radius 3 is 3.04 bits per heavy atom. The number of benzene rings is 1. The standard InChI is InChI=1S/C18H26N6O2/c1-12-10-16(19-7-8-24(2)3)22-17(20-12)23-18(25)21-14-4-5-15-13(11-14)6-9-26-15/h4-6,9,11-12,17,20H,7-8,10H2,1-3H3,(H,19,22)(H2,21,23,25). The Morgan fingerprint density at radius 1 is 1.38 bits per heavy atom. The topological polar surface area (TPSA) is 93.9 Å². The van der Waals surface area contributed by atoms with Crippen LogP contribution in [0.1, 0.15) is 13.3 Å². The molecule has 8 heteroatoms. The number of furan rings is 1. The molecule has 1 aromatic heterocycles. The zero-order valence-electron chi connectivity index (χ0n) is 15.4. The van der Waals surface area contributed by atoms with Crippen molar-refractivity contribution in [2.75, 3.05) is 32.5 Å². The maximum Gasteiger partial charge on any atom is 0.321 e. The van der Waals surface area contributed by atoms with E-state index in [1.807, 2.05) is 32.3 Å². The lowest BCUT2D eigenvalue weighted by molar-refractivity contribution is 0.244. The number of fused-ring (bicyclic) bond motifs is 1. The lowest BCUT2D eigenvalue weighted by Crippen LogP contribution is -2.54. The number of hydrogen-bond donors (Lipinski definition) is 4. The second-order valence-electron chi connectivity index (χ2n) is 6.75. The number of amidine groups is 1. The Morgan fingerprint density at radius 2 is 2.23 bits per heavy atom. The van der Waals surface area contributed by atoms with Crippen LogP contribution in [0, 0.1) is 0 Å². The predicted octanol–water partition coefficient (Wildman–Crippen LogP) is 1.77. The molecule has 8 nitrogen and oxygen atoms in total. The van der Waals surface area contributed by atoms with Gasteiger partial charge < -0.3 is 25.3 Å². The normalized spacial score (nSPS) is 20.1. The first-order valence-corrected chi connectivity index (χ1v) is 8.76. The van der Waals surface area contributed by atoms with Crippen LogP contribution in [-0.2, 0) is 0 Å². The summed E-state index contributed by atoms with van der Waals surface area (Å²) in [5.41, 5.74) is 1.49. The van der Waals surface area contributed by atoms with Gasteiger partial charge in [-0.15, -0.1) is 0 Å². The lowest BCUT2D eigenvalue weighted by atomic mass is 10.2. The van der Waals surface area contributed by atoms with Gasteiger partial charge >= 0.3 is 6.03 Å². The van der Waals surface area contributed by atoms with E-state index in [0.717, 1.165) is 36.3 Å². The summed E-state index contributed by atoms with van der Waals surface area (Å²) in [6, 6.07) is 7.28. The van der Waals surface area contributed by atoms with Crippen molar-refractivity contribution < 1.29 is 9.21 Å². The molecule has 0 aliphatic carbocycles. The molecule has 4 N–H and O–H groups in total. The van der Waals surface area contributed by atoms with E-state index in [1.54, 1.807) is 12.3 Å². The molecule has 140 valence electrons. The van der Waals surface area contributed by atoms with Gasteiger partial charge in [0.25, 0.3) is 0 Å². The SMILES string of the molecule is CC1CC(NCCN(C)C)=NC(NC(=O)Nc2ccc3occc3c2)N1. The lowest BCUT2D eigenvalue weighted by Gasteiger charge is -2.28. The van der Waals surface area contributed by atoms with Crippen LogP contribution in [0.2, 0.25) is 0 Å². The van der Waals surface area contributed by atoms with Crippen molar-refractivity contribution in [1.29, 1.82) is 0 Å². The first-order chi connectivity index (χ1) is 12.5. The van der Waals surface area contributed by atoms with Crippen LogP contribution in [0.15, 0.2) is 39.9 Å². The first-order valence-electron chi connectivity index (χ1n) is 8.76. The number of carbonyl (C=O) groups is 1. The molecule has 0 radical (unpaired) electrons. The van der Waals surface area contributed by atoms with Crippen LogP contribution in [0.3, 0.4) is 0 Å². The molecular formula is C18H26N6O2. The van der Waals surface area contributed by atoms with Gasteiger partial charge in [0.05, 0.1) is 6.26 Å². The van der Waals surface area contributed by atoms with Gasteiger partial charge in [-0.1, -0.05) is 0 Å². The molecule has 1 aromatic carbocycles. The molecule has 0 spiro atoms. The molecule has 1 aliphatic heterocycles. The minimum absolute atomic E-state index is 0.224. The van der Waals surface area contributed by atoms with E-state index in [0.29, 0.717) is 5.69 Å². The molecule has 2 aromatic rings. The third-order valence-corrected chi connectivity index (χ3v) is 4.09. The van der Waals surface area contributed by atoms with Crippen molar-refractivity contribution in [3.63, 3.8) is 0 Å². The average molecular weight is 358 g/mol. The van der Waals surface area contributed by atoms with Gasteiger partial charge in [-0.05, 0) is 45.3 Å². The Labute approximate surface area is 153 Å². The third-order valence-electron chi connectivity index (χ3n) is 4.09. The highest BCUT2D eigenvalue weighted by Crippen LogP contribution is 2.19. The highest BCUT2D eigenvalue weighted by atomic mass is 16.3. The molecule has 1 aliphatic rings. The minimum Gasteiger partial charge on any atom is -0.464 e. The number of likely N-dealkylation sites (N-methyl/N-ethyl adjacent to an activating group) is 1. The molecule has 2 atom stereocenters. The third kappa shape index (κ3) is 4.96. The second-order valence-corrected chi connectivity index (χ2v) is 6.75. The largest absolute Gasteiger partial charge is 0.464 e. The summed E-state index contributed by atoms with van der Waals surface area (Å²) in [5, 5.41) is 13.2. The van der Waals surface area contributed by atoms with Crippen molar-refractivity contribution in [2.45, 2.75) is 25.7 Å². The fourth-order valence-electron chi connectivity index (χ4n) is 2.82. The zero-order chi connectivity index (χ0) is 18.5. The molecule has 0 saturated carbocycles.